The summed E-state index contributed by atoms with van der Waals surface area (Å²) in [4.78, 5) is 20.7. The van der Waals surface area contributed by atoms with E-state index >= 15 is 0 Å². The van der Waals surface area contributed by atoms with Crippen molar-refractivity contribution in [3.8, 4) is 11.1 Å². The smallest absolute Gasteiger partial charge is 0.248 e. The SMILES string of the molecule is NC(=O)c1ccc2c(c1)nc(NCCNCC1CC(NCc3ccc(-c4ccccc4)c(Cl)c3)C1)c1ccncc12. The third kappa shape index (κ3) is 6.17. The lowest BCUT2D eigenvalue weighted by Gasteiger charge is -2.36. The van der Waals surface area contributed by atoms with Gasteiger partial charge in [0, 0.05) is 70.4 Å². The highest BCUT2D eigenvalue weighted by atomic mass is 35.5. The van der Waals surface area contributed by atoms with E-state index in [1.807, 2.05) is 36.5 Å². The number of nitrogens with zero attached hydrogens (tertiary/aromatic N) is 2. The maximum absolute atomic E-state index is 11.7. The van der Waals surface area contributed by atoms with Gasteiger partial charge in [0.25, 0.3) is 0 Å². The minimum absolute atomic E-state index is 0.443. The first-order chi connectivity index (χ1) is 20.0. The molecule has 5 aromatic rings. The van der Waals surface area contributed by atoms with E-state index in [4.69, 9.17) is 22.3 Å². The van der Waals surface area contributed by atoms with Gasteiger partial charge in [-0.3, -0.25) is 9.78 Å². The summed E-state index contributed by atoms with van der Waals surface area (Å²) in [5, 5.41) is 14.5. The Hall–Kier alpha value is -4.04. The number of carbonyl (C=O) groups is 1. The normalized spacial score (nSPS) is 16.5. The van der Waals surface area contributed by atoms with E-state index < -0.39 is 5.91 Å². The van der Waals surface area contributed by atoms with E-state index in [9.17, 15) is 4.79 Å². The van der Waals surface area contributed by atoms with Crippen molar-refractivity contribution in [3.05, 3.63) is 101 Å². The third-order valence-corrected chi connectivity index (χ3v) is 8.17. The van der Waals surface area contributed by atoms with Gasteiger partial charge in [0.2, 0.25) is 5.91 Å². The molecule has 8 heteroatoms. The molecule has 0 spiro atoms. The summed E-state index contributed by atoms with van der Waals surface area (Å²) in [5.74, 6) is 0.992. The number of fused-ring (bicyclic) bond motifs is 3. The predicted octanol–water partition coefficient (Wildman–Crippen LogP) is 5.77. The van der Waals surface area contributed by atoms with Crippen molar-refractivity contribution < 1.29 is 4.79 Å². The van der Waals surface area contributed by atoms with Crippen LogP contribution in [0.1, 0.15) is 28.8 Å². The van der Waals surface area contributed by atoms with Crippen LogP contribution in [0.5, 0.6) is 0 Å². The van der Waals surface area contributed by atoms with Crippen LogP contribution in [-0.4, -0.2) is 41.6 Å². The summed E-state index contributed by atoms with van der Waals surface area (Å²) >= 11 is 6.58. The van der Waals surface area contributed by atoms with E-state index in [0.717, 1.165) is 69.8 Å². The molecule has 5 N–H and O–H groups in total. The number of primary amides is 1. The second kappa shape index (κ2) is 12.2. The van der Waals surface area contributed by atoms with Gasteiger partial charge in [-0.2, -0.15) is 0 Å². The number of hydrogen-bond donors (Lipinski definition) is 4. The summed E-state index contributed by atoms with van der Waals surface area (Å²) in [5.41, 5.74) is 10.1. The molecule has 208 valence electrons. The average molecular weight is 565 g/mol. The second-order valence-electron chi connectivity index (χ2n) is 10.7. The van der Waals surface area contributed by atoms with E-state index in [0.29, 0.717) is 17.5 Å². The third-order valence-electron chi connectivity index (χ3n) is 7.86. The Morgan fingerprint density at radius 1 is 0.951 bits per heavy atom. The van der Waals surface area contributed by atoms with Crippen molar-refractivity contribution >= 4 is 45.0 Å². The Bertz CT molecular complexity index is 1690. The van der Waals surface area contributed by atoms with Crippen molar-refractivity contribution in [1.29, 1.82) is 0 Å². The largest absolute Gasteiger partial charge is 0.368 e. The van der Waals surface area contributed by atoms with Crippen LogP contribution in [-0.2, 0) is 6.54 Å². The lowest BCUT2D eigenvalue weighted by atomic mass is 9.80. The van der Waals surface area contributed by atoms with E-state index in [2.05, 4.69) is 51.3 Å². The van der Waals surface area contributed by atoms with Crippen molar-refractivity contribution in [2.24, 2.45) is 11.7 Å². The molecule has 0 saturated heterocycles. The number of carbonyl (C=O) groups excluding carboxylic acids is 1. The quantitative estimate of drug-likeness (QED) is 0.120. The number of aromatic nitrogens is 2. The molecule has 1 saturated carbocycles. The summed E-state index contributed by atoms with van der Waals surface area (Å²) in [6, 6.07) is 24.5. The second-order valence-corrected chi connectivity index (χ2v) is 11.1. The van der Waals surface area contributed by atoms with Crippen LogP contribution in [0.25, 0.3) is 32.8 Å². The number of nitrogens with two attached hydrogens (primary N) is 1. The summed E-state index contributed by atoms with van der Waals surface area (Å²) < 4.78 is 0. The van der Waals surface area contributed by atoms with Gasteiger partial charge in [-0.15, -0.1) is 0 Å². The number of pyridine rings is 2. The maximum Gasteiger partial charge on any atom is 0.248 e. The van der Waals surface area contributed by atoms with Crippen LogP contribution in [0.4, 0.5) is 5.82 Å². The molecule has 7 nitrogen and oxygen atoms in total. The molecule has 2 aromatic heterocycles. The Balaban J connectivity index is 0.949. The van der Waals surface area contributed by atoms with E-state index in [1.165, 1.54) is 18.4 Å². The fourth-order valence-electron chi connectivity index (χ4n) is 5.56. The Morgan fingerprint density at radius 2 is 1.80 bits per heavy atom. The molecule has 1 aliphatic rings. The molecule has 1 amide bonds. The van der Waals surface area contributed by atoms with Crippen molar-refractivity contribution in [3.63, 3.8) is 0 Å². The summed E-state index contributed by atoms with van der Waals surface area (Å²) in [6.07, 6.45) is 5.94. The lowest BCUT2D eigenvalue weighted by Crippen LogP contribution is -2.44. The zero-order valence-corrected chi connectivity index (χ0v) is 23.5. The highest BCUT2D eigenvalue weighted by molar-refractivity contribution is 6.33. The van der Waals surface area contributed by atoms with E-state index in [-0.39, 0.29) is 0 Å². The summed E-state index contributed by atoms with van der Waals surface area (Å²) in [6.45, 7) is 3.38. The predicted molar refractivity (Wildman–Crippen MR) is 167 cm³/mol. The van der Waals surface area contributed by atoms with Gasteiger partial charge >= 0.3 is 0 Å². The topological polar surface area (TPSA) is 105 Å². The van der Waals surface area contributed by atoms with Crippen molar-refractivity contribution in [2.45, 2.75) is 25.4 Å². The highest BCUT2D eigenvalue weighted by Crippen LogP contribution is 2.31. The molecular weight excluding hydrogens is 532 g/mol. The number of halogens is 1. The fraction of sp³-hybridized carbons (Fsp3) is 0.242. The molecule has 0 radical (unpaired) electrons. The Kier molecular flexibility index (Phi) is 8.09. The zero-order valence-electron chi connectivity index (χ0n) is 22.7. The van der Waals surface area contributed by atoms with Crippen LogP contribution in [0, 0.1) is 5.92 Å². The molecule has 1 aliphatic carbocycles. The van der Waals surface area contributed by atoms with Gasteiger partial charge in [-0.1, -0.05) is 60.1 Å². The number of rotatable bonds is 11. The maximum atomic E-state index is 11.7. The molecule has 1 fully saturated rings. The van der Waals surface area contributed by atoms with Crippen LogP contribution < -0.4 is 21.7 Å². The van der Waals surface area contributed by atoms with E-state index in [1.54, 1.807) is 18.3 Å². The average Bonchev–Trinajstić information content (AvgIpc) is 2.97. The molecule has 3 aromatic carbocycles. The molecule has 0 bridgehead atoms. The number of anilines is 1. The van der Waals surface area contributed by atoms with Crippen LogP contribution in [0.3, 0.4) is 0 Å². The standard InChI is InChI=1S/C33H33ClN6O/c34-30-16-21(6-8-26(30)23-4-2-1-3-5-23)19-39-25-14-22(15-25)18-37-12-13-38-33-28-10-11-36-20-29(28)27-9-7-24(32(35)41)17-31(27)40-33/h1-11,16-17,20,22,25,37,39H,12-15,18-19H2,(H2,35,41)(H,38,40). The first-order valence-electron chi connectivity index (χ1n) is 14.0. The van der Waals surface area contributed by atoms with Gasteiger partial charge in [0.1, 0.15) is 5.82 Å². The van der Waals surface area contributed by atoms with Gasteiger partial charge in [-0.25, -0.2) is 4.98 Å². The minimum Gasteiger partial charge on any atom is -0.368 e. The van der Waals surface area contributed by atoms with Crippen LogP contribution in [0.2, 0.25) is 5.02 Å². The van der Waals surface area contributed by atoms with Crippen LogP contribution >= 0.6 is 11.6 Å². The van der Waals surface area contributed by atoms with Crippen molar-refractivity contribution in [1.82, 2.24) is 20.6 Å². The number of hydrogen-bond acceptors (Lipinski definition) is 6. The monoisotopic (exact) mass is 564 g/mol. The molecule has 0 aliphatic heterocycles. The van der Waals surface area contributed by atoms with Crippen LogP contribution in [0.15, 0.2) is 85.2 Å². The number of benzene rings is 3. The minimum atomic E-state index is -0.464. The first-order valence-corrected chi connectivity index (χ1v) is 14.4. The van der Waals surface area contributed by atoms with Gasteiger partial charge in [-0.05, 0) is 60.7 Å². The fourth-order valence-corrected chi connectivity index (χ4v) is 5.88. The summed E-state index contributed by atoms with van der Waals surface area (Å²) in [7, 11) is 0. The molecule has 2 heterocycles. The molecule has 0 atom stereocenters. The Morgan fingerprint density at radius 3 is 2.61 bits per heavy atom. The zero-order chi connectivity index (χ0) is 28.2. The molecular formula is C33H33ClN6O. The van der Waals surface area contributed by atoms with Gasteiger partial charge in [0.15, 0.2) is 0 Å². The Labute approximate surface area is 244 Å². The number of amides is 1. The highest BCUT2D eigenvalue weighted by Gasteiger charge is 2.28. The molecule has 0 unspecified atom stereocenters. The molecule has 41 heavy (non-hydrogen) atoms. The molecule has 6 rings (SSSR count). The van der Waals surface area contributed by atoms with Gasteiger partial charge in [0.05, 0.1) is 5.52 Å². The first kappa shape index (κ1) is 27.1. The lowest BCUT2D eigenvalue weighted by molar-refractivity contribution is 0.100. The number of nitrogens with one attached hydrogen (secondary N) is 3. The van der Waals surface area contributed by atoms with Crippen molar-refractivity contribution in [2.75, 3.05) is 25.0 Å². The van der Waals surface area contributed by atoms with Gasteiger partial charge < -0.3 is 21.7 Å².